The molecule has 0 spiro atoms. The van der Waals surface area contributed by atoms with E-state index in [1.165, 1.54) is 10.8 Å². The van der Waals surface area contributed by atoms with Gasteiger partial charge in [0.1, 0.15) is 12.8 Å². The van der Waals surface area contributed by atoms with E-state index in [0.717, 1.165) is 18.4 Å². The molecule has 5 heterocycles. The standard InChI is InChI=1S/C19H18FN7O2/c1-19(2)8-7-13(28-19)15-23-18(29-24-15)25-10-22-16-11-5-3-4-6-12(11)26-14(27(16)25)9-21-17(26)20/h3-6,9,13H,7-8,10H2,1-2H3. The number of imidazole rings is 1. The minimum atomic E-state index is -0.592. The van der Waals surface area contributed by atoms with Gasteiger partial charge in [-0.05, 0) is 38.8 Å². The summed E-state index contributed by atoms with van der Waals surface area (Å²) in [5.74, 6) is 1.72. The molecule has 1 saturated heterocycles. The number of halogens is 1. The van der Waals surface area contributed by atoms with Gasteiger partial charge >= 0.3 is 6.01 Å². The molecule has 9 nitrogen and oxygen atoms in total. The predicted octanol–water partition coefficient (Wildman–Crippen LogP) is 2.98. The normalized spacial score (nSPS) is 21.8. The van der Waals surface area contributed by atoms with Crippen molar-refractivity contribution in [3.63, 3.8) is 0 Å². The molecule has 0 aliphatic carbocycles. The number of aromatic nitrogens is 4. The lowest BCUT2D eigenvalue weighted by atomic mass is 10.1. The number of nitrogens with zero attached hydrogens (tertiary/aromatic N) is 7. The van der Waals surface area contributed by atoms with Gasteiger partial charge in [-0.2, -0.15) is 9.37 Å². The number of para-hydroxylation sites is 1. The Balaban J connectivity index is 1.39. The van der Waals surface area contributed by atoms with Crippen LogP contribution in [-0.2, 0) is 4.74 Å². The van der Waals surface area contributed by atoms with E-state index in [1.54, 1.807) is 10.0 Å². The first-order valence-corrected chi connectivity index (χ1v) is 9.48. The Morgan fingerprint density at radius 1 is 1.24 bits per heavy atom. The van der Waals surface area contributed by atoms with Gasteiger partial charge in [0.2, 0.25) is 5.82 Å². The average Bonchev–Trinajstić information content (AvgIpc) is 3.46. The third-order valence-corrected chi connectivity index (χ3v) is 5.51. The first-order valence-electron chi connectivity index (χ1n) is 9.48. The van der Waals surface area contributed by atoms with E-state index < -0.39 is 6.08 Å². The Labute approximate surface area is 165 Å². The molecule has 1 unspecified atom stereocenters. The molecule has 3 aliphatic heterocycles. The van der Waals surface area contributed by atoms with Gasteiger partial charge in [-0.3, -0.25) is 4.57 Å². The quantitative estimate of drug-likeness (QED) is 0.659. The molecular formula is C19H18FN7O2. The lowest BCUT2D eigenvalue weighted by Gasteiger charge is -2.32. The monoisotopic (exact) mass is 395 g/mol. The van der Waals surface area contributed by atoms with Gasteiger partial charge in [0.15, 0.2) is 11.7 Å². The van der Waals surface area contributed by atoms with Gasteiger partial charge in [0, 0.05) is 5.56 Å². The fourth-order valence-corrected chi connectivity index (χ4v) is 4.13. The second-order valence-corrected chi connectivity index (χ2v) is 7.91. The number of aliphatic imine (C=N–C) groups is 1. The summed E-state index contributed by atoms with van der Waals surface area (Å²) in [6.45, 7) is 4.38. The Morgan fingerprint density at radius 2 is 2.10 bits per heavy atom. The SMILES string of the molecule is CC1(C)CCC(c2noc(N3CN=C4c5ccccc5-n5c(cnc5F)N43)n2)O1. The number of hydrogen-bond acceptors (Lipinski definition) is 8. The van der Waals surface area contributed by atoms with Gasteiger partial charge in [-0.15, -0.1) is 0 Å². The Bertz CT molecular complexity index is 1150. The minimum absolute atomic E-state index is 0.198. The van der Waals surface area contributed by atoms with Crippen LogP contribution in [0.5, 0.6) is 0 Å². The lowest BCUT2D eigenvalue weighted by molar-refractivity contribution is -0.0207. The van der Waals surface area contributed by atoms with Crippen LogP contribution in [-0.4, -0.2) is 37.8 Å². The van der Waals surface area contributed by atoms with E-state index in [1.807, 2.05) is 24.3 Å². The van der Waals surface area contributed by atoms with Crippen LogP contribution < -0.4 is 10.0 Å². The molecule has 0 saturated carbocycles. The van der Waals surface area contributed by atoms with Crippen molar-refractivity contribution in [2.75, 3.05) is 16.7 Å². The summed E-state index contributed by atoms with van der Waals surface area (Å²) in [6.07, 6.45) is 2.45. The van der Waals surface area contributed by atoms with Crippen LogP contribution >= 0.6 is 0 Å². The highest BCUT2D eigenvalue weighted by Gasteiger charge is 2.41. The third-order valence-electron chi connectivity index (χ3n) is 5.51. The summed E-state index contributed by atoms with van der Waals surface area (Å²) >= 11 is 0. The smallest absolute Gasteiger partial charge is 0.345 e. The molecule has 1 atom stereocenters. The molecule has 10 heteroatoms. The van der Waals surface area contributed by atoms with E-state index in [-0.39, 0.29) is 24.4 Å². The first kappa shape index (κ1) is 16.7. The molecule has 0 radical (unpaired) electrons. The van der Waals surface area contributed by atoms with E-state index >= 15 is 0 Å². The van der Waals surface area contributed by atoms with Gasteiger partial charge in [-0.25, -0.2) is 20.0 Å². The number of hydrogen-bond donors (Lipinski definition) is 0. The molecule has 29 heavy (non-hydrogen) atoms. The van der Waals surface area contributed by atoms with Gasteiger partial charge in [0.25, 0.3) is 6.08 Å². The first-order chi connectivity index (χ1) is 14.0. The topological polar surface area (TPSA) is 84.8 Å². The summed E-state index contributed by atoms with van der Waals surface area (Å²) in [6, 6.07) is 7.78. The molecule has 0 N–H and O–H groups in total. The number of ether oxygens (including phenoxy) is 1. The van der Waals surface area contributed by atoms with Crippen LogP contribution in [0.25, 0.3) is 5.69 Å². The maximum Gasteiger partial charge on any atom is 0.345 e. The van der Waals surface area contributed by atoms with Crippen molar-refractivity contribution in [2.24, 2.45) is 4.99 Å². The fourth-order valence-electron chi connectivity index (χ4n) is 4.13. The molecule has 0 bridgehead atoms. The summed E-state index contributed by atoms with van der Waals surface area (Å²) in [5.41, 5.74) is 1.30. The summed E-state index contributed by atoms with van der Waals surface area (Å²) < 4.78 is 27.5. The minimum Gasteiger partial charge on any atom is -0.364 e. The molecular weight excluding hydrogens is 377 g/mol. The van der Waals surface area contributed by atoms with E-state index in [2.05, 4.69) is 34.0 Å². The Hall–Kier alpha value is -3.27. The van der Waals surface area contributed by atoms with Crippen LogP contribution in [0.15, 0.2) is 40.0 Å². The maximum atomic E-state index is 14.5. The molecule has 1 fully saturated rings. The number of fused-ring (bicyclic) bond motifs is 6. The summed E-state index contributed by atoms with van der Waals surface area (Å²) in [7, 11) is 0. The largest absolute Gasteiger partial charge is 0.364 e. The molecule has 3 aliphatic rings. The fraction of sp³-hybridized carbons (Fsp3) is 0.368. The van der Waals surface area contributed by atoms with Crippen molar-refractivity contribution in [3.8, 4) is 5.69 Å². The van der Waals surface area contributed by atoms with Crippen LogP contribution in [0.3, 0.4) is 0 Å². The van der Waals surface area contributed by atoms with Crippen molar-refractivity contribution in [2.45, 2.75) is 38.4 Å². The van der Waals surface area contributed by atoms with Gasteiger partial charge in [0.05, 0.1) is 17.5 Å². The highest BCUT2D eigenvalue weighted by atomic mass is 19.1. The summed E-state index contributed by atoms with van der Waals surface area (Å²) in [5, 5.41) is 7.60. The summed E-state index contributed by atoms with van der Waals surface area (Å²) in [4.78, 5) is 13.0. The number of anilines is 2. The molecule has 1 aromatic carbocycles. The van der Waals surface area contributed by atoms with Crippen molar-refractivity contribution in [1.82, 2.24) is 19.7 Å². The number of benzene rings is 1. The van der Waals surface area contributed by atoms with Crippen LogP contribution in [0.2, 0.25) is 0 Å². The van der Waals surface area contributed by atoms with Crippen molar-refractivity contribution >= 4 is 17.7 Å². The Morgan fingerprint density at radius 3 is 2.93 bits per heavy atom. The van der Waals surface area contributed by atoms with E-state index in [4.69, 9.17) is 9.26 Å². The molecule has 6 rings (SSSR count). The zero-order valence-electron chi connectivity index (χ0n) is 15.9. The second kappa shape index (κ2) is 5.63. The molecule has 0 amide bonds. The second-order valence-electron chi connectivity index (χ2n) is 7.91. The third kappa shape index (κ3) is 2.35. The Kier molecular flexibility index (Phi) is 3.24. The van der Waals surface area contributed by atoms with Gasteiger partial charge in [-0.1, -0.05) is 17.3 Å². The molecule has 148 valence electrons. The average molecular weight is 395 g/mol. The van der Waals surface area contributed by atoms with Crippen LogP contribution in [0.4, 0.5) is 16.2 Å². The van der Waals surface area contributed by atoms with Crippen molar-refractivity contribution in [1.29, 1.82) is 0 Å². The molecule has 3 aromatic rings. The zero-order valence-corrected chi connectivity index (χ0v) is 15.9. The lowest BCUT2D eigenvalue weighted by Crippen LogP contribution is -2.45. The van der Waals surface area contributed by atoms with Crippen molar-refractivity contribution in [3.05, 3.63) is 47.9 Å². The number of amidine groups is 1. The highest BCUT2D eigenvalue weighted by Crippen LogP contribution is 2.40. The predicted molar refractivity (Wildman–Crippen MR) is 101 cm³/mol. The van der Waals surface area contributed by atoms with Crippen LogP contribution in [0, 0.1) is 6.08 Å². The van der Waals surface area contributed by atoms with Crippen LogP contribution in [0.1, 0.15) is 44.2 Å². The van der Waals surface area contributed by atoms with Crippen molar-refractivity contribution < 1.29 is 13.7 Å². The zero-order chi connectivity index (χ0) is 19.8. The van der Waals surface area contributed by atoms with E-state index in [9.17, 15) is 4.39 Å². The highest BCUT2D eigenvalue weighted by molar-refractivity contribution is 6.16. The number of hydrazine groups is 1. The maximum absolute atomic E-state index is 14.5. The van der Waals surface area contributed by atoms with Gasteiger partial charge < -0.3 is 9.26 Å². The number of rotatable bonds is 2. The molecule has 2 aromatic heterocycles. The van der Waals surface area contributed by atoms with E-state index in [0.29, 0.717) is 23.2 Å².